The fraction of sp³-hybridized carbons (Fsp3) is 0.500. The van der Waals surface area contributed by atoms with E-state index in [4.69, 9.17) is 5.73 Å². The highest BCUT2D eigenvalue weighted by atomic mass is 16.1. The highest BCUT2D eigenvalue weighted by molar-refractivity contribution is 5.99. The standard InChI is InChI=1S/C14H20N2O/c1-3-11-6-7-16(9-11)12-4-5-13(10(2)17)14(15)8-12/h4-5,8,11H,3,6-7,9,15H2,1-2H3. The second kappa shape index (κ2) is 4.78. The second-order valence-electron chi connectivity index (χ2n) is 4.84. The van der Waals surface area contributed by atoms with E-state index in [0.717, 1.165) is 24.7 Å². The van der Waals surface area contributed by atoms with Gasteiger partial charge in [-0.1, -0.05) is 13.3 Å². The van der Waals surface area contributed by atoms with Gasteiger partial charge in [-0.3, -0.25) is 4.79 Å². The summed E-state index contributed by atoms with van der Waals surface area (Å²) in [6.45, 7) is 5.99. The molecule has 1 aliphatic heterocycles. The SMILES string of the molecule is CCC1CCN(c2ccc(C(C)=O)c(N)c2)C1. The highest BCUT2D eigenvalue weighted by Gasteiger charge is 2.21. The van der Waals surface area contributed by atoms with Gasteiger partial charge in [-0.15, -0.1) is 0 Å². The molecule has 0 amide bonds. The number of nitrogen functional groups attached to an aromatic ring is 1. The van der Waals surface area contributed by atoms with E-state index in [-0.39, 0.29) is 5.78 Å². The minimum atomic E-state index is 0.0295. The fourth-order valence-electron chi connectivity index (χ4n) is 2.47. The minimum absolute atomic E-state index is 0.0295. The Balaban J connectivity index is 2.18. The maximum absolute atomic E-state index is 11.3. The molecule has 1 fully saturated rings. The minimum Gasteiger partial charge on any atom is -0.398 e. The molecule has 92 valence electrons. The number of carbonyl (C=O) groups excluding carboxylic acids is 1. The first-order valence-corrected chi connectivity index (χ1v) is 6.27. The van der Waals surface area contributed by atoms with Crippen LogP contribution >= 0.6 is 0 Å². The molecule has 1 aromatic carbocycles. The van der Waals surface area contributed by atoms with Crippen LogP contribution in [-0.4, -0.2) is 18.9 Å². The van der Waals surface area contributed by atoms with E-state index >= 15 is 0 Å². The molecule has 1 heterocycles. The van der Waals surface area contributed by atoms with Crippen LogP contribution in [0.25, 0.3) is 0 Å². The fourth-order valence-corrected chi connectivity index (χ4v) is 2.47. The lowest BCUT2D eigenvalue weighted by molar-refractivity contribution is 0.101. The van der Waals surface area contributed by atoms with E-state index in [0.29, 0.717) is 11.3 Å². The number of benzene rings is 1. The molecule has 1 aromatic rings. The monoisotopic (exact) mass is 232 g/mol. The van der Waals surface area contributed by atoms with Gasteiger partial charge in [0.1, 0.15) is 0 Å². The zero-order chi connectivity index (χ0) is 12.4. The summed E-state index contributed by atoms with van der Waals surface area (Å²) in [6.07, 6.45) is 2.49. The van der Waals surface area contributed by atoms with Gasteiger partial charge in [0.15, 0.2) is 5.78 Å². The molecule has 0 aromatic heterocycles. The van der Waals surface area contributed by atoms with Crippen molar-refractivity contribution >= 4 is 17.2 Å². The Kier molecular flexibility index (Phi) is 3.36. The molecular formula is C14H20N2O. The molecular weight excluding hydrogens is 212 g/mol. The molecule has 3 nitrogen and oxygen atoms in total. The van der Waals surface area contributed by atoms with E-state index in [1.165, 1.54) is 12.8 Å². The molecule has 0 saturated carbocycles. The molecule has 1 aliphatic rings. The zero-order valence-electron chi connectivity index (χ0n) is 10.6. The summed E-state index contributed by atoms with van der Waals surface area (Å²) >= 11 is 0. The molecule has 1 saturated heterocycles. The topological polar surface area (TPSA) is 46.3 Å². The van der Waals surface area contributed by atoms with E-state index < -0.39 is 0 Å². The Morgan fingerprint density at radius 2 is 2.29 bits per heavy atom. The van der Waals surface area contributed by atoms with Crippen molar-refractivity contribution in [2.24, 2.45) is 5.92 Å². The second-order valence-corrected chi connectivity index (χ2v) is 4.84. The van der Waals surface area contributed by atoms with Gasteiger partial charge in [0.05, 0.1) is 0 Å². The maximum atomic E-state index is 11.3. The molecule has 1 unspecified atom stereocenters. The summed E-state index contributed by atoms with van der Waals surface area (Å²) < 4.78 is 0. The molecule has 17 heavy (non-hydrogen) atoms. The van der Waals surface area contributed by atoms with Crippen LogP contribution in [0.4, 0.5) is 11.4 Å². The number of rotatable bonds is 3. The first kappa shape index (κ1) is 12.0. The lowest BCUT2D eigenvalue weighted by Gasteiger charge is -2.19. The van der Waals surface area contributed by atoms with E-state index in [2.05, 4.69) is 11.8 Å². The first-order valence-electron chi connectivity index (χ1n) is 6.27. The zero-order valence-corrected chi connectivity index (χ0v) is 10.6. The lowest BCUT2D eigenvalue weighted by atomic mass is 10.1. The summed E-state index contributed by atoms with van der Waals surface area (Å²) in [4.78, 5) is 13.7. The van der Waals surface area contributed by atoms with Crippen molar-refractivity contribution in [2.75, 3.05) is 23.7 Å². The number of nitrogens with zero attached hydrogens (tertiary/aromatic N) is 1. The molecule has 3 heteroatoms. The quantitative estimate of drug-likeness (QED) is 0.644. The lowest BCUT2D eigenvalue weighted by Crippen LogP contribution is -2.19. The first-order chi connectivity index (χ1) is 8.11. The molecule has 0 spiro atoms. The van der Waals surface area contributed by atoms with Crippen molar-refractivity contribution in [1.82, 2.24) is 0 Å². The third-order valence-corrected chi connectivity index (χ3v) is 3.64. The number of anilines is 2. The molecule has 1 atom stereocenters. The summed E-state index contributed by atoms with van der Waals surface area (Å²) in [7, 11) is 0. The molecule has 2 N–H and O–H groups in total. The van der Waals surface area contributed by atoms with Gasteiger partial charge >= 0.3 is 0 Å². The Hall–Kier alpha value is -1.51. The van der Waals surface area contributed by atoms with Gasteiger partial charge < -0.3 is 10.6 Å². The van der Waals surface area contributed by atoms with Crippen LogP contribution in [0.15, 0.2) is 18.2 Å². The van der Waals surface area contributed by atoms with Gasteiger partial charge in [-0.2, -0.15) is 0 Å². The van der Waals surface area contributed by atoms with Crippen LogP contribution in [0.2, 0.25) is 0 Å². The maximum Gasteiger partial charge on any atom is 0.161 e. The number of hydrogen-bond donors (Lipinski definition) is 1. The normalized spacial score (nSPS) is 19.6. The van der Waals surface area contributed by atoms with Crippen molar-refractivity contribution in [3.8, 4) is 0 Å². The molecule has 0 aliphatic carbocycles. The highest BCUT2D eigenvalue weighted by Crippen LogP contribution is 2.28. The number of nitrogens with two attached hydrogens (primary N) is 1. The van der Waals surface area contributed by atoms with Crippen molar-refractivity contribution in [1.29, 1.82) is 0 Å². The third kappa shape index (κ3) is 2.43. The summed E-state index contributed by atoms with van der Waals surface area (Å²) in [6, 6.07) is 5.77. The average molecular weight is 232 g/mol. The Morgan fingerprint density at radius 3 is 2.82 bits per heavy atom. The largest absolute Gasteiger partial charge is 0.398 e. The predicted molar refractivity (Wildman–Crippen MR) is 71.5 cm³/mol. The van der Waals surface area contributed by atoms with Crippen molar-refractivity contribution in [2.45, 2.75) is 26.7 Å². The average Bonchev–Trinajstić information content (AvgIpc) is 2.76. The van der Waals surface area contributed by atoms with Gasteiger partial charge in [0.25, 0.3) is 0 Å². The smallest absolute Gasteiger partial charge is 0.161 e. The Labute approximate surface area is 103 Å². The predicted octanol–water partition coefficient (Wildman–Crippen LogP) is 2.71. The third-order valence-electron chi connectivity index (χ3n) is 3.64. The number of ketones is 1. The van der Waals surface area contributed by atoms with Crippen LogP contribution in [0, 0.1) is 5.92 Å². The number of carbonyl (C=O) groups is 1. The van der Waals surface area contributed by atoms with Crippen LogP contribution < -0.4 is 10.6 Å². The molecule has 0 bridgehead atoms. The summed E-state index contributed by atoms with van der Waals surface area (Å²) in [5, 5.41) is 0. The van der Waals surface area contributed by atoms with Crippen molar-refractivity contribution < 1.29 is 4.79 Å². The van der Waals surface area contributed by atoms with Crippen LogP contribution in [0.1, 0.15) is 37.0 Å². The number of hydrogen-bond acceptors (Lipinski definition) is 3. The van der Waals surface area contributed by atoms with Gasteiger partial charge in [-0.25, -0.2) is 0 Å². The summed E-state index contributed by atoms with van der Waals surface area (Å²) in [5.41, 5.74) is 8.27. The van der Waals surface area contributed by atoms with Gasteiger partial charge in [-0.05, 0) is 37.5 Å². The van der Waals surface area contributed by atoms with Gasteiger partial charge in [0, 0.05) is 30.0 Å². The van der Waals surface area contributed by atoms with Gasteiger partial charge in [0.2, 0.25) is 0 Å². The van der Waals surface area contributed by atoms with Crippen LogP contribution in [-0.2, 0) is 0 Å². The summed E-state index contributed by atoms with van der Waals surface area (Å²) in [5.74, 6) is 0.825. The van der Waals surface area contributed by atoms with Crippen LogP contribution in [0.3, 0.4) is 0 Å². The molecule has 0 radical (unpaired) electrons. The Bertz CT molecular complexity index is 428. The van der Waals surface area contributed by atoms with Crippen LogP contribution in [0.5, 0.6) is 0 Å². The Morgan fingerprint density at radius 1 is 1.53 bits per heavy atom. The van der Waals surface area contributed by atoms with E-state index in [1.54, 1.807) is 6.92 Å². The number of Topliss-reactive ketones (excluding diaryl/α,β-unsaturated/α-hetero) is 1. The van der Waals surface area contributed by atoms with E-state index in [1.807, 2.05) is 18.2 Å². The van der Waals surface area contributed by atoms with Crippen molar-refractivity contribution in [3.05, 3.63) is 23.8 Å². The van der Waals surface area contributed by atoms with Crippen molar-refractivity contribution in [3.63, 3.8) is 0 Å². The molecule has 2 rings (SSSR count). The van der Waals surface area contributed by atoms with E-state index in [9.17, 15) is 4.79 Å².